The molecule has 4 nitrogen and oxygen atoms in total. The van der Waals surface area contributed by atoms with Gasteiger partial charge in [0.25, 0.3) is 0 Å². The number of aryl methyl sites for hydroxylation is 1. The first-order valence-electron chi connectivity index (χ1n) is 9.01. The zero-order chi connectivity index (χ0) is 17.8. The summed E-state index contributed by atoms with van der Waals surface area (Å²) in [6.07, 6.45) is 6.41. The Balaban J connectivity index is 1.64. The third-order valence-electron chi connectivity index (χ3n) is 5.02. The lowest BCUT2D eigenvalue weighted by Crippen LogP contribution is -2.27. The van der Waals surface area contributed by atoms with Gasteiger partial charge in [0.2, 0.25) is 5.91 Å². The third kappa shape index (κ3) is 4.47. The molecule has 0 aromatic carbocycles. The van der Waals surface area contributed by atoms with Crippen molar-refractivity contribution in [1.82, 2.24) is 14.5 Å². The second-order valence-corrected chi connectivity index (χ2v) is 8.82. The summed E-state index contributed by atoms with van der Waals surface area (Å²) in [7, 11) is 1.88. The fourth-order valence-corrected chi connectivity index (χ4v) is 5.28. The van der Waals surface area contributed by atoms with Gasteiger partial charge < -0.3 is 9.47 Å². The lowest BCUT2D eigenvalue weighted by atomic mass is 9.95. The summed E-state index contributed by atoms with van der Waals surface area (Å²) in [5.41, 5.74) is 2.35. The zero-order valence-electron chi connectivity index (χ0n) is 15.3. The van der Waals surface area contributed by atoms with Gasteiger partial charge in [-0.1, -0.05) is 37.1 Å². The van der Waals surface area contributed by atoms with Crippen molar-refractivity contribution < 1.29 is 4.79 Å². The molecule has 6 heteroatoms. The molecule has 25 heavy (non-hydrogen) atoms. The summed E-state index contributed by atoms with van der Waals surface area (Å²) in [5.74, 6) is 0.608. The SMILES string of the molecule is Cc1nc(SCC(=O)N(C)Cc2cccs2)n(C2CCCCC2)c1C. The number of amides is 1. The Hall–Kier alpha value is -1.27. The number of hydrogen-bond acceptors (Lipinski definition) is 4. The van der Waals surface area contributed by atoms with Gasteiger partial charge >= 0.3 is 0 Å². The lowest BCUT2D eigenvalue weighted by Gasteiger charge is -2.26. The first-order valence-corrected chi connectivity index (χ1v) is 10.9. The Kier molecular flexibility index (Phi) is 6.23. The van der Waals surface area contributed by atoms with Crippen LogP contribution < -0.4 is 0 Å². The van der Waals surface area contributed by atoms with Crippen LogP contribution in [0.3, 0.4) is 0 Å². The molecule has 1 fully saturated rings. The Morgan fingerprint density at radius 2 is 2.12 bits per heavy atom. The van der Waals surface area contributed by atoms with Crippen molar-refractivity contribution >= 4 is 29.0 Å². The lowest BCUT2D eigenvalue weighted by molar-refractivity contribution is -0.127. The Labute approximate surface area is 158 Å². The highest BCUT2D eigenvalue weighted by molar-refractivity contribution is 7.99. The topological polar surface area (TPSA) is 38.1 Å². The zero-order valence-corrected chi connectivity index (χ0v) is 17.0. The number of thioether (sulfide) groups is 1. The van der Waals surface area contributed by atoms with Crippen LogP contribution in [0.25, 0.3) is 0 Å². The first kappa shape index (κ1) is 18.5. The normalized spacial score (nSPS) is 15.5. The van der Waals surface area contributed by atoms with Crippen LogP contribution in [0.5, 0.6) is 0 Å². The van der Waals surface area contributed by atoms with Crippen molar-refractivity contribution in [2.75, 3.05) is 12.8 Å². The fraction of sp³-hybridized carbons (Fsp3) is 0.579. The maximum Gasteiger partial charge on any atom is 0.233 e. The summed E-state index contributed by atoms with van der Waals surface area (Å²) in [4.78, 5) is 20.3. The fourth-order valence-electron chi connectivity index (χ4n) is 3.43. The van der Waals surface area contributed by atoms with E-state index in [0.29, 0.717) is 18.3 Å². The van der Waals surface area contributed by atoms with Gasteiger partial charge in [0.1, 0.15) is 0 Å². The van der Waals surface area contributed by atoms with Crippen LogP contribution in [0.4, 0.5) is 0 Å². The molecule has 2 aromatic heterocycles. The molecule has 0 radical (unpaired) electrons. The van der Waals surface area contributed by atoms with Crippen molar-refractivity contribution in [2.45, 2.75) is 63.7 Å². The van der Waals surface area contributed by atoms with Gasteiger partial charge in [-0.3, -0.25) is 4.79 Å². The Morgan fingerprint density at radius 1 is 1.36 bits per heavy atom. The molecule has 1 amide bonds. The monoisotopic (exact) mass is 377 g/mol. The molecule has 1 saturated carbocycles. The highest BCUT2D eigenvalue weighted by atomic mass is 32.2. The van der Waals surface area contributed by atoms with E-state index >= 15 is 0 Å². The molecule has 0 spiro atoms. The molecule has 0 unspecified atom stereocenters. The maximum absolute atomic E-state index is 12.5. The molecule has 1 aliphatic rings. The molecule has 2 heterocycles. The van der Waals surface area contributed by atoms with Gasteiger partial charge in [0.05, 0.1) is 18.0 Å². The molecule has 136 valence electrons. The van der Waals surface area contributed by atoms with Gasteiger partial charge in [-0.25, -0.2) is 4.98 Å². The highest BCUT2D eigenvalue weighted by Crippen LogP contribution is 2.34. The van der Waals surface area contributed by atoms with E-state index in [-0.39, 0.29) is 5.91 Å². The van der Waals surface area contributed by atoms with Crippen LogP contribution in [0.2, 0.25) is 0 Å². The number of aromatic nitrogens is 2. The van der Waals surface area contributed by atoms with Crippen LogP contribution >= 0.6 is 23.1 Å². The smallest absolute Gasteiger partial charge is 0.233 e. The van der Waals surface area contributed by atoms with Crippen molar-refractivity contribution in [3.8, 4) is 0 Å². The minimum Gasteiger partial charge on any atom is -0.340 e. The number of hydrogen-bond donors (Lipinski definition) is 0. The van der Waals surface area contributed by atoms with Crippen molar-refractivity contribution in [3.63, 3.8) is 0 Å². The second kappa shape index (κ2) is 8.41. The van der Waals surface area contributed by atoms with Crippen molar-refractivity contribution in [3.05, 3.63) is 33.8 Å². The minimum absolute atomic E-state index is 0.159. The van der Waals surface area contributed by atoms with Crippen LogP contribution in [0.15, 0.2) is 22.7 Å². The van der Waals surface area contributed by atoms with Crippen molar-refractivity contribution in [1.29, 1.82) is 0 Å². The molecular formula is C19H27N3OS2. The van der Waals surface area contributed by atoms with Crippen LogP contribution in [0.1, 0.15) is 54.4 Å². The number of carbonyl (C=O) groups is 1. The predicted octanol–water partition coefficient (Wildman–Crippen LogP) is 4.82. The minimum atomic E-state index is 0.159. The number of carbonyl (C=O) groups excluding carboxylic acids is 1. The quantitative estimate of drug-likeness (QED) is 0.678. The van der Waals surface area contributed by atoms with Gasteiger partial charge in [-0.05, 0) is 38.1 Å². The van der Waals surface area contributed by atoms with E-state index in [4.69, 9.17) is 4.98 Å². The summed E-state index contributed by atoms with van der Waals surface area (Å²) < 4.78 is 2.39. The molecule has 0 N–H and O–H groups in total. The standard InChI is InChI=1S/C19H27N3OS2/c1-14-15(2)22(16-8-5-4-6-9-16)19(20-14)25-13-18(23)21(3)12-17-10-7-11-24-17/h7,10-11,16H,4-6,8-9,12-13H2,1-3H3. The predicted molar refractivity (Wildman–Crippen MR) is 105 cm³/mol. The molecule has 1 aliphatic carbocycles. The second-order valence-electron chi connectivity index (χ2n) is 6.84. The third-order valence-corrected chi connectivity index (χ3v) is 6.82. The first-order chi connectivity index (χ1) is 12.1. The largest absolute Gasteiger partial charge is 0.340 e. The number of rotatable bonds is 6. The molecule has 3 rings (SSSR count). The number of thiophene rings is 1. The summed E-state index contributed by atoms with van der Waals surface area (Å²) in [5, 5.41) is 3.06. The molecule has 0 aliphatic heterocycles. The Morgan fingerprint density at radius 3 is 2.80 bits per heavy atom. The number of imidazole rings is 1. The maximum atomic E-state index is 12.5. The van der Waals surface area contributed by atoms with Crippen LogP contribution in [-0.4, -0.2) is 33.2 Å². The van der Waals surface area contributed by atoms with E-state index in [0.717, 1.165) is 10.9 Å². The summed E-state index contributed by atoms with van der Waals surface area (Å²) in [6, 6.07) is 4.65. The number of nitrogens with zero attached hydrogens (tertiary/aromatic N) is 3. The average molecular weight is 378 g/mol. The molecular weight excluding hydrogens is 350 g/mol. The van der Waals surface area contributed by atoms with Gasteiger partial charge in [0.15, 0.2) is 5.16 Å². The van der Waals surface area contributed by atoms with E-state index in [1.165, 1.54) is 42.7 Å². The molecule has 0 saturated heterocycles. The van der Waals surface area contributed by atoms with Gasteiger partial charge in [-0.15, -0.1) is 11.3 Å². The molecule has 2 aromatic rings. The van der Waals surface area contributed by atoms with E-state index in [2.05, 4.69) is 29.9 Å². The summed E-state index contributed by atoms with van der Waals surface area (Å²) >= 11 is 3.28. The highest BCUT2D eigenvalue weighted by Gasteiger charge is 2.23. The Bertz CT molecular complexity index is 703. The van der Waals surface area contributed by atoms with E-state index in [1.54, 1.807) is 23.1 Å². The summed E-state index contributed by atoms with van der Waals surface area (Å²) in [6.45, 7) is 4.92. The van der Waals surface area contributed by atoms with Gasteiger partial charge in [-0.2, -0.15) is 0 Å². The van der Waals surface area contributed by atoms with Crippen molar-refractivity contribution in [2.24, 2.45) is 0 Å². The van der Waals surface area contributed by atoms with E-state index in [1.807, 2.05) is 18.0 Å². The van der Waals surface area contributed by atoms with E-state index in [9.17, 15) is 4.79 Å². The molecule has 0 bridgehead atoms. The van der Waals surface area contributed by atoms with Crippen LogP contribution in [0, 0.1) is 13.8 Å². The molecule has 0 atom stereocenters. The average Bonchev–Trinajstić information content (AvgIpc) is 3.22. The van der Waals surface area contributed by atoms with Crippen LogP contribution in [-0.2, 0) is 11.3 Å². The van der Waals surface area contributed by atoms with Gasteiger partial charge in [0, 0.05) is 23.7 Å². The van der Waals surface area contributed by atoms with E-state index < -0.39 is 0 Å².